The Hall–Kier alpha value is -1.32. The Morgan fingerprint density at radius 1 is 1.21 bits per heavy atom. The van der Waals surface area contributed by atoms with Crippen LogP contribution in [-0.2, 0) is 18.4 Å². The van der Waals surface area contributed by atoms with Gasteiger partial charge in [-0.25, -0.2) is 0 Å². The number of benzene rings is 1. The van der Waals surface area contributed by atoms with E-state index in [4.69, 9.17) is 10.5 Å². The molecule has 0 saturated heterocycles. The number of thiophene rings is 1. The van der Waals surface area contributed by atoms with Gasteiger partial charge in [0.1, 0.15) is 5.75 Å². The molecule has 1 atom stereocenters. The van der Waals surface area contributed by atoms with Gasteiger partial charge in [-0.2, -0.15) is 0 Å². The van der Waals surface area contributed by atoms with Crippen LogP contribution < -0.4 is 10.5 Å². The lowest BCUT2D eigenvalue weighted by atomic mass is 9.89. The molecule has 1 aromatic carbocycles. The van der Waals surface area contributed by atoms with Gasteiger partial charge in [-0.1, -0.05) is 19.1 Å². The Labute approximate surface area is 119 Å². The minimum absolute atomic E-state index is 0.371. The Kier molecular flexibility index (Phi) is 4.27. The van der Waals surface area contributed by atoms with Crippen LogP contribution in [0.3, 0.4) is 0 Å². The van der Waals surface area contributed by atoms with Gasteiger partial charge in [0.2, 0.25) is 0 Å². The highest BCUT2D eigenvalue weighted by atomic mass is 32.1. The Bertz CT molecular complexity index is 545. The average molecular weight is 275 g/mol. The SMILES string of the molecule is CCc1ccc(CC(C)(N)c2cccc(OC)c2)s1. The molecule has 0 saturated carbocycles. The van der Waals surface area contributed by atoms with E-state index >= 15 is 0 Å². The van der Waals surface area contributed by atoms with Crippen molar-refractivity contribution in [1.29, 1.82) is 0 Å². The van der Waals surface area contributed by atoms with Crippen LogP contribution in [0.2, 0.25) is 0 Å². The number of hydrogen-bond acceptors (Lipinski definition) is 3. The maximum Gasteiger partial charge on any atom is 0.119 e. The van der Waals surface area contributed by atoms with E-state index in [-0.39, 0.29) is 5.54 Å². The number of rotatable bonds is 5. The highest BCUT2D eigenvalue weighted by molar-refractivity contribution is 7.12. The molecule has 2 nitrogen and oxygen atoms in total. The van der Waals surface area contributed by atoms with Crippen LogP contribution in [0.15, 0.2) is 36.4 Å². The quantitative estimate of drug-likeness (QED) is 0.902. The van der Waals surface area contributed by atoms with Gasteiger partial charge >= 0.3 is 0 Å². The molecule has 0 fully saturated rings. The molecule has 19 heavy (non-hydrogen) atoms. The summed E-state index contributed by atoms with van der Waals surface area (Å²) >= 11 is 1.85. The van der Waals surface area contributed by atoms with Crippen LogP contribution >= 0.6 is 11.3 Å². The van der Waals surface area contributed by atoms with Gasteiger partial charge in [0.05, 0.1) is 7.11 Å². The van der Waals surface area contributed by atoms with E-state index in [2.05, 4.69) is 32.0 Å². The first kappa shape index (κ1) is 14.1. The first-order chi connectivity index (χ1) is 9.05. The summed E-state index contributed by atoms with van der Waals surface area (Å²) in [6, 6.07) is 12.4. The van der Waals surface area contributed by atoms with E-state index in [1.807, 2.05) is 29.5 Å². The molecular weight excluding hydrogens is 254 g/mol. The van der Waals surface area contributed by atoms with Crippen LogP contribution in [0.4, 0.5) is 0 Å². The van der Waals surface area contributed by atoms with Crippen molar-refractivity contribution in [1.82, 2.24) is 0 Å². The molecule has 0 aliphatic carbocycles. The molecule has 0 bridgehead atoms. The summed E-state index contributed by atoms with van der Waals surface area (Å²) in [5.41, 5.74) is 7.23. The minimum Gasteiger partial charge on any atom is -0.497 e. The van der Waals surface area contributed by atoms with Crippen molar-refractivity contribution in [3.63, 3.8) is 0 Å². The second kappa shape index (κ2) is 5.76. The summed E-state index contributed by atoms with van der Waals surface area (Å²) in [5, 5.41) is 0. The molecule has 0 aliphatic heterocycles. The molecular formula is C16H21NOS. The van der Waals surface area contributed by atoms with E-state index in [1.54, 1.807) is 7.11 Å². The number of nitrogens with two attached hydrogens (primary N) is 1. The standard InChI is InChI=1S/C16H21NOS/c1-4-14-8-9-15(19-14)11-16(2,17)12-6-5-7-13(10-12)18-3/h5-10H,4,11,17H2,1-3H3. The van der Waals surface area contributed by atoms with Gasteiger partial charge in [-0.05, 0) is 43.2 Å². The first-order valence-corrected chi connectivity index (χ1v) is 7.38. The van der Waals surface area contributed by atoms with E-state index < -0.39 is 0 Å². The fraction of sp³-hybridized carbons (Fsp3) is 0.375. The molecule has 0 amide bonds. The van der Waals surface area contributed by atoms with Gasteiger partial charge in [0.25, 0.3) is 0 Å². The second-order valence-corrected chi connectivity index (χ2v) is 6.30. The molecule has 0 aliphatic rings. The molecule has 0 spiro atoms. The number of hydrogen-bond donors (Lipinski definition) is 1. The van der Waals surface area contributed by atoms with Gasteiger partial charge in [0.15, 0.2) is 0 Å². The highest BCUT2D eigenvalue weighted by Crippen LogP contribution is 2.28. The zero-order chi connectivity index (χ0) is 13.9. The summed E-state index contributed by atoms with van der Waals surface area (Å²) in [5.74, 6) is 0.856. The largest absolute Gasteiger partial charge is 0.497 e. The fourth-order valence-corrected chi connectivity index (χ4v) is 3.27. The molecule has 3 heteroatoms. The van der Waals surface area contributed by atoms with Crippen molar-refractivity contribution in [3.8, 4) is 5.75 Å². The zero-order valence-corrected chi connectivity index (χ0v) is 12.6. The van der Waals surface area contributed by atoms with Crippen molar-refractivity contribution in [2.45, 2.75) is 32.2 Å². The maximum absolute atomic E-state index is 6.50. The van der Waals surface area contributed by atoms with Crippen molar-refractivity contribution < 1.29 is 4.74 Å². The third kappa shape index (κ3) is 3.37. The Morgan fingerprint density at radius 3 is 2.58 bits per heavy atom. The second-order valence-electron chi connectivity index (χ2n) is 5.05. The van der Waals surface area contributed by atoms with E-state index in [1.165, 1.54) is 9.75 Å². The lowest BCUT2D eigenvalue weighted by Gasteiger charge is -2.25. The summed E-state index contributed by atoms with van der Waals surface area (Å²) < 4.78 is 5.27. The number of ether oxygens (including phenoxy) is 1. The Balaban J connectivity index is 2.20. The van der Waals surface area contributed by atoms with Crippen LogP contribution in [0.1, 0.15) is 29.2 Å². The maximum atomic E-state index is 6.50. The van der Waals surface area contributed by atoms with Gasteiger partial charge in [0, 0.05) is 21.7 Å². The van der Waals surface area contributed by atoms with Gasteiger partial charge in [-0.3, -0.25) is 0 Å². The fourth-order valence-electron chi connectivity index (χ4n) is 2.15. The van der Waals surface area contributed by atoms with Crippen LogP contribution in [0.5, 0.6) is 5.75 Å². The van der Waals surface area contributed by atoms with E-state index in [0.717, 1.165) is 24.2 Å². The molecule has 2 rings (SSSR count). The Morgan fingerprint density at radius 2 is 1.95 bits per heavy atom. The third-order valence-electron chi connectivity index (χ3n) is 3.34. The predicted octanol–water partition coefficient (Wildman–Crippen LogP) is 3.74. The van der Waals surface area contributed by atoms with Gasteiger partial charge < -0.3 is 10.5 Å². The molecule has 1 heterocycles. The smallest absolute Gasteiger partial charge is 0.119 e. The van der Waals surface area contributed by atoms with Crippen molar-refractivity contribution in [3.05, 3.63) is 51.7 Å². The van der Waals surface area contributed by atoms with Crippen LogP contribution in [0, 0.1) is 0 Å². The van der Waals surface area contributed by atoms with Crippen LogP contribution in [-0.4, -0.2) is 7.11 Å². The summed E-state index contributed by atoms with van der Waals surface area (Å²) in [6.07, 6.45) is 1.94. The van der Waals surface area contributed by atoms with Gasteiger partial charge in [-0.15, -0.1) is 11.3 Å². The molecule has 2 N–H and O–H groups in total. The van der Waals surface area contributed by atoms with Crippen molar-refractivity contribution in [2.24, 2.45) is 5.73 Å². The molecule has 2 aromatic rings. The van der Waals surface area contributed by atoms with E-state index in [9.17, 15) is 0 Å². The first-order valence-electron chi connectivity index (χ1n) is 6.56. The lowest BCUT2D eigenvalue weighted by molar-refractivity contribution is 0.410. The average Bonchev–Trinajstić information content (AvgIpc) is 2.85. The van der Waals surface area contributed by atoms with Crippen LogP contribution in [0.25, 0.3) is 0 Å². The topological polar surface area (TPSA) is 35.2 Å². The molecule has 1 unspecified atom stereocenters. The number of methoxy groups -OCH3 is 1. The summed E-state index contributed by atoms with van der Waals surface area (Å²) in [7, 11) is 1.68. The van der Waals surface area contributed by atoms with E-state index in [0.29, 0.717) is 0 Å². The number of aryl methyl sites for hydroxylation is 1. The lowest BCUT2D eigenvalue weighted by Crippen LogP contribution is -2.35. The van der Waals surface area contributed by atoms with Crippen molar-refractivity contribution in [2.75, 3.05) is 7.11 Å². The zero-order valence-electron chi connectivity index (χ0n) is 11.8. The molecule has 0 radical (unpaired) electrons. The molecule has 1 aromatic heterocycles. The highest BCUT2D eigenvalue weighted by Gasteiger charge is 2.23. The predicted molar refractivity (Wildman–Crippen MR) is 81.9 cm³/mol. The minimum atomic E-state index is -0.371. The summed E-state index contributed by atoms with van der Waals surface area (Å²) in [4.78, 5) is 2.75. The summed E-state index contributed by atoms with van der Waals surface area (Å²) in [6.45, 7) is 4.26. The third-order valence-corrected chi connectivity index (χ3v) is 4.57. The molecule has 102 valence electrons. The van der Waals surface area contributed by atoms with Crippen molar-refractivity contribution >= 4 is 11.3 Å². The monoisotopic (exact) mass is 275 g/mol. The normalized spacial score (nSPS) is 14.1.